The topological polar surface area (TPSA) is 98.9 Å². The van der Waals surface area contributed by atoms with Gasteiger partial charge in [-0.15, -0.1) is 4.40 Å². The quantitative estimate of drug-likeness (QED) is 0.709. The largest absolute Gasteiger partial charge is 0.376 e. The number of hydrogen-bond donors (Lipinski definition) is 0. The van der Waals surface area contributed by atoms with E-state index in [4.69, 9.17) is 9.72 Å². The van der Waals surface area contributed by atoms with Crippen molar-refractivity contribution in [3.63, 3.8) is 0 Å². The molecule has 160 valence electrons. The van der Waals surface area contributed by atoms with Crippen molar-refractivity contribution in [1.29, 1.82) is 5.26 Å². The second kappa shape index (κ2) is 7.62. The zero-order valence-electron chi connectivity index (χ0n) is 17.3. The molecule has 0 bridgehead atoms. The van der Waals surface area contributed by atoms with Crippen molar-refractivity contribution in [2.45, 2.75) is 36.8 Å². The number of fused-ring (bicyclic) bond motifs is 2. The molecule has 9 heteroatoms. The average molecular weight is 438 g/mol. The molecular weight excluding hydrogens is 414 g/mol. The normalized spacial score (nSPS) is 19.9. The van der Waals surface area contributed by atoms with Gasteiger partial charge in [-0.1, -0.05) is 12.1 Å². The number of rotatable bonds is 2. The number of anilines is 1. The lowest BCUT2D eigenvalue weighted by Crippen LogP contribution is -2.46. The molecule has 4 heterocycles. The first-order valence-corrected chi connectivity index (χ1v) is 11.8. The summed E-state index contributed by atoms with van der Waals surface area (Å²) in [6.45, 7) is 2.66. The molecule has 0 N–H and O–H groups in total. The van der Waals surface area contributed by atoms with Crippen LogP contribution in [0.25, 0.3) is 0 Å². The zero-order valence-corrected chi connectivity index (χ0v) is 18.1. The van der Waals surface area contributed by atoms with Gasteiger partial charge in [-0.3, -0.25) is 0 Å². The van der Waals surface area contributed by atoms with Gasteiger partial charge < -0.3 is 14.5 Å². The Hall–Kier alpha value is -2.96. The number of amidine groups is 1. The fraction of sp³-hybridized carbons (Fsp3) is 0.409. The van der Waals surface area contributed by atoms with Crippen molar-refractivity contribution < 1.29 is 13.2 Å². The molecule has 31 heavy (non-hydrogen) atoms. The van der Waals surface area contributed by atoms with E-state index >= 15 is 0 Å². The highest BCUT2D eigenvalue weighted by molar-refractivity contribution is 7.90. The van der Waals surface area contributed by atoms with Gasteiger partial charge in [0.15, 0.2) is 5.84 Å². The van der Waals surface area contributed by atoms with Crippen LogP contribution in [0.1, 0.15) is 35.2 Å². The van der Waals surface area contributed by atoms with Gasteiger partial charge in [0.25, 0.3) is 10.0 Å². The van der Waals surface area contributed by atoms with Crippen molar-refractivity contribution >= 4 is 21.7 Å². The van der Waals surface area contributed by atoms with Gasteiger partial charge in [-0.25, -0.2) is 4.98 Å². The van der Waals surface area contributed by atoms with E-state index in [1.165, 1.54) is 0 Å². The predicted molar refractivity (Wildman–Crippen MR) is 115 cm³/mol. The molecule has 0 amide bonds. The van der Waals surface area contributed by atoms with Crippen LogP contribution in [0.5, 0.6) is 0 Å². The van der Waals surface area contributed by atoms with E-state index in [0.29, 0.717) is 30.2 Å². The third-order valence-corrected chi connectivity index (χ3v) is 7.62. The molecular formula is C22H23N5O3S. The van der Waals surface area contributed by atoms with Gasteiger partial charge in [-0.05, 0) is 31.0 Å². The third kappa shape index (κ3) is 3.46. The summed E-state index contributed by atoms with van der Waals surface area (Å²) in [6, 6.07) is 11.3. The minimum Gasteiger partial charge on any atom is -0.376 e. The molecule has 3 aliphatic heterocycles. The summed E-state index contributed by atoms with van der Waals surface area (Å²) in [5.41, 5.74) is 3.26. The first-order valence-electron chi connectivity index (χ1n) is 10.4. The third-order valence-electron chi connectivity index (χ3n) is 6.29. The maximum absolute atomic E-state index is 12.4. The van der Waals surface area contributed by atoms with Crippen molar-refractivity contribution in [1.82, 2.24) is 9.88 Å². The first kappa shape index (κ1) is 20.0. The highest BCUT2D eigenvalue weighted by Crippen LogP contribution is 2.31. The number of nitriles is 1. The fourth-order valence-electron chi connectivity index (χ4n) is 4.58. The van der Waals surface area contributed by atoms with Gasteiger partial charge in [0.1, 0.15) is 16.8 Å². The van der Waals surface area contributed by atoms with Crippen LogP contribution >= 0.6 is 0 Å². The lowest BCUT2D eigenvalue weighted by Gasteiger charge is -2.38. The maximum Gasteiger partial charge on any atom is 0.285 e. The minimum absolute atomic E-state index is 0.160. The molecule has 5 rings (SSSR count). The van der Waals surface area contributed by atoms with Gasteiger partial charge in [0.05, 0.1) is 24.5 Å². The summed E-state index contributed by atoms with van der Waals surface area (Å²) in [7, 11) is -1.72. The second-order valence-corrected chi connectivity index (χ2v) is 9.67. The summed E-state index contributed by atoms with van der Waals surface area (Å²) < 4.78 is 34.3. The number of piperidine rings is 1. The SMILES string of the molecule is CN(C1=NS(=O)(=O)c2ccccc21)C1CCN(c2nc3c(cc2C#N)COCC3)CC1. The zero-order chi connectivity index (χ0) is 21.6. The van der Waals surface area contributed by atoms with E-state index in [2.05, 4.69) is 15.4 Å². The summed E-state index contributed by atoms with van der Waals surface area (Å²) in [5, 5.41) is 9.64. The molecule has 3 aliphatic rings. The number of benzene rings is 1. The molecule has 0 atom stereocenters. The molecule has 0 saturated carbocycles. The molecule has 0 radical (unpaired) electrons. The monoisotopic (exact) mass is 437 g/mol. The summed E-state index contributed by atoms with van der Waals surface area (Å²) in [6.07, 6.45) is 2.41. The average Bonchev–Trinajstić information content (AvgIpc) is 3.09. The Bertz CT molecular complexity index is 1210. The maximum atomic E-state index is 12.4. The number of sulfonamides is 1. The summed E-state index contributed by atoms with van der Waals surface area (Å²) in [5.74, 6) is 1.26. The Labute approximate surface area is 181 Å². The van der Waals surface area contributed by atoms with E-state index in [0.717, 1.165) is 49.4 Å². The number of hydrogen-bond acceptors (Lipinski definition) is 7. The standard InChI is InChI=1S/C22H23N5O3S/c1-26(22-18-4-2-3-5-20(18)31(28,29)25-22)17-6-9-27(10-7-17)21-15(13-23)12-16-14-30-11-8-19(16)24-21/h2-5,12,17H,6-11,14H2,1H3. The molecule has 8 nitrogen and oxygen atoms in total. The van der Waals surface area contributed by atoms with Gasteiger partial charge in [0.2, 0.25) is 0 Å². The van der Waals surface area contributed by atoms with E-state index in [1.807, 2.05) is 30.1 Å². The lowest BCUT2D eigenvalue weighted by atomic mass is 10.0. The number of aromatic nitrogens is 1. The van der Waals surface area contributed by atoms with Crippen LogP contribution in [0, 0.1) is 11.3 Å². The Morgan fingerprint density at radius 3 is 2.81 bits per heavy atom. The van der Waals surface area contributed by atoms with Gasteiger partial charge >= 0.3 is 0 Å². The van der Waals surface area contributed by atoms with Gasteiger partial charge in [0, 0.05) is 43.7 Å². The van der Waals surface area contributed by atoms with Crippen LogP contribution < -0.4 is 4.90 Å². The second-order valence-electron chi connectivity index (χ2n) is 8.09. The lowest BCUT2D eigenvalue weighted by molar-refractivity contribution is 0.109. The summed E-state index contributed by atoms with van der Waals surface area (Å²) in [4.78, 5) is 9.24. The van der Waals surface area contributed by atoms with E-state index in [-0.39, 0.29) is 10.9 Å². The van der Waals surface area contributed by atoms with Gasteiger partial charge in [-0.2, -0.15) is 13.7 Å². The number of nitrogens with zero attached hydrogens (tertiary/aromatic N) is 5. The molecule has 1 aromatic carbocycles. The number of ether oxygens (including phenoxy) is 1. The molecule has 1 aromatic heterocycles. The Morgan fingerprint density at radius 2 is 2.03 bits per heavy atom. The van der Waals surface area contributed by atoms with Crippen LogP contribution in [0.3, 0.4) is 0 Å². The van der Waals surface area contributed by atoms with Crippen LogP contribution in [0.2, 0.25) is 0 Å². The molecule has 0 aliphatic carbocycles. The van der Waals surface area contributed by atoms with Crippen LogP contribution in [0.4, 0.5) is 5.82 Å². The van der Waals surface area contributed by atoms with Crippen molar-refractivity contribution in [2.24, 2.45) is 4.40 Å². The molecule has 0 spiro atoms. The number of pyridine rings is 1. The molecule has 2 aromatic rings. The van der Waals surface area contributed by atoms with E-state index < -0.39 is 10.0 Å². The fourth-order valence-corrected chi connectivity index (χ4v) is 5.82. The highest BCUT2D eigenvalue weighted by Gasteiger charge is 2.34. The summed E-state index contributed by atoms with van der Waals surface area (Å²) >= 11 is 0. The Morgan fingerprint density at radius 1 is 1.26 bits per heavy atom. The first-order chi connectivity index (χ1) is 15.0. The minimum atomic E-state index is -3.63. The van der Waals surface area contributed by atoms with Crippen molar-refractivity contribution in [3.8, 4) is 6.07 Å². The smallest absolute Gasteiger partial charge is 0.285 e. The van der Waals surface area contributed by atoms with Crippen molar-refractivity contribution in [3.05, 3.63) is 52.7 Å². The van der Waals surface area contributed by atoms with Crippen molar-refractivity contribution in [2.75, 3.05) is 31.6 Å². The Balaban J connectivity index is 1.34. The van der Waals surface area contributed by atoms with E-state index in [1.54, 1.807) is 12.1 Å². The Kier molecular flexibility index (Phi) is 4.91. The van der Waals surface area contributed by atoms with E-state index in [9.17, 15) is 13.7 Å². The highest BCUT2D eigenvalue weighted by atomic mass is 32.2. The molecule has 1 saturated heterocycles. The molecule has 0 unspecified atom stereocenters. The van der Waals surface area contributed by atoms with Crippen LogP contribution in [-0.2, 0) is 27.8 Å². The molecule has 1 fully saturated rings. The predicted octanol–water partition coefficient (Wildman–Crippen LogP) is 2.08. The van der Waals surface area contributed by atoms with Crippen LogP contribution in [-0.4, -0.2) is 56.9 Å². The van der Waals surface area contributed by atoms with Crippen LogP contribution in [0.15, 0.2) is 39.6 Å².